The van der Waals surface area contributed by atoms with Gasteiger partial charge < -0.3 is 10.1 Å². The molecule has 0 saturated carbocycles. The quantitative estimate of drug-likeness (QED) is 0.773. The van der Waals surface area contributed by atoms with Crippen LogP contribution in [0.2, 0.25) is 5.02 Å². The van der Waals surface area contributed by atoms with Crippen molar-refractivity contribution in [2.45, 2.75) is 17.7 Å². The van der Waals surface area contributed by atoms with Gasteiger partial charge in [-0.05, 0) is 59.9 Å². The summed E-state index contributed by atoms with van der Waals surface area (Å²) < 4.78 is 33.1. The normalized spacial score (nSPS) is 18.9. The predicted molar refractivity (Wildman–Crippen MR) is 86.5 cm³/mol. The molecule has 0 aromatic heterocycles. The Kier molecular flexibility index (Phi) is 5.90. The number of rotatable bonds is 6. The maximum atomic E-state index is 12.4. The summed E-state index contributed by atoms with van der Waals surface area (Å²) in [6.07, 6.45) is 1.91. The number of benzene rings is 1. The van der Waals surface area contributed by atoms with Gasteiger partial charge in [0.1, 0.15) is 4.90 Å². The van der Waals surface area contributed by atoms with Crippen molar-refractivity contribution in [2.75, 3.05) is 26.7 Å². The molecule has 1 fully saturated rings. The topological polar surface area (TPSA) is 67.4 Å². The zero-order valence-corrected chi connectivity index (χ0v) is 14.8. The Morgan fingerprint density at radius 1 is 1.52 bits per heavy atom. The van der Waals surface area contributed by atoms with E-state index in [1.165, 1.54) is 13.2 Å². The van der Waals surface area contributed by atoms with Crippen LogP contribution in [0.5, 0.6) is 5.75 Å². The summed E-state index contributed by atoms with van der Waals surface area (Å²) in [5, 5.41) is 3.60. The van der Waals surface area contributed by atoms with Crippen molar-refractivity contribution < 1.29 is 13.2 Å². The summed E-state index contributed by atoms with van der Waals surface area (Å²) in [5.41, 5.74) is 0. The molecule has 5 nitrogen and oxygen atoms in total. The zero-order chi connectivity index (χ0) is 15.5. The van der Waals surface area contributed by atoms with Crippen molar-refractivity contribution in [3.05, 3.63) is 21.6 Å². The van der Waals surface area contributed by atoms with Gasteiger partial charge in [0, 0.05) is 11.6 Å². The third kappa shape index (κ3) is 4.32. The number of nitrogens with one attached hydrogen (secondary N) is 2. The van der Waals surface area contributed by atoms with Gasteiger partial charge >= 0.3 is 0 Å². The fourth-order valence-corrected chi connectivity index (χ4v) is 4.80. The Balaban J connectivity index is 2.11. The lowest BCUT2D eigenvalue weighted by Crippen LogP contribution is -2.27. The molecular weight excluding hydrogens is 380 g/mol. The number of halogens is 2. The minimum absolute atomic E-state index is 0.0499. The summed E-state index contributed by atoms with van der Waals surface area (Å²) in [6.45, 7) is 2.36. The molecule has 8 heteroatoms. The second-order valence-corrected chi connectivity index (χ2v) is 7.99. The van der Waals surface area contributed by atoms with Crippen molar-refractivity contribution in [1.82, 2.24) is 10.0 Å². The molecule has 1 unspecified atom stereocenters. The highest BCUT2D eigenvalue weighted by atomic mass is 79.9. The first-order chi connectivity index (χ1) is 9.94. The maximum absolute atomic E-state index is 12.4. The lowest BCUT2D eigenvalue weighted by molar-refractivity contribution is 0.399. The summed E-state index contributed by atoms with van der Waals surface area (Å²) in [7, 11) is -2.22. The van der Waals surface area contributed by atoms with Crippen LogP contribution in [0.1, 0.15) is 12.8 Å². The van der Waals surface area contributed by atoms with Gasteiger partial charge in [-0.3, -0.25) is 0 Å². The molecule has 1 saturated heterocycles. The smallest absolute Gasteiger partial charge is 0.244 e. The second kappa shape index (κ2) is 7.28. The van der Waals surface area contributed by atoms with Crippen LogP contribution in [0.3, 0.4) is 0 Å². The van der Waals surface area contributed by atoms with Gasteiger partial charge in [-0.15, -0.1) is 0 Å². The first kappa shape index (κ1) is 17.0. The van der Waals surface area contributed by atoms with E-state index in [-0.39, 0.29) is 10.6 Å². The lowest BCUT2D eigenvalue weighted by Gasteiger charge is -2.14. The molecular formula is C13H18BrClN2O3S. The van der Waals surface area contributed by atoms with Crippen molar-refractivity contribution in [3.8, 4) is 5.75 Å². The van der Waals surface area contributed by atoms with Crippen LogP contribution in [0, 0.1) is 5.92 Å². The SMILES string of the molecule is COc1c(Br)cc(Cl)cc1S(=O)(=O)NCCC1CCNC1. The minimum atomic E-state index is -3.65. The number of hydrogen-bond acceptors (Lipinski definition) is 4. The molecule has 21 heavy (non-hydrogen) atoms. The average molecular weight is 398 g/mol. The highest BCUT2D eigenvalue weighted by molar-refractivity contribution is 9.10. The predicted octanol–water partition coefficient (Wildman–Crippen LogP) is 2.39. The van der Waals surface area contributed by atoms with Crippen LogP contribution in [-0.4, -0.2) is 35.2 Å². The van der Waals surface area contributed by atoms with Crippen LogP contribution < -0.4 is 14.8 Å². The second-order valence-electron chi connectivity index (χ2n) is 4.96. The summed E-state index contributed by atoms with van der Waals surface area (Å²) in [4.78, 5) is 0.0499. The van der Waals surface area contributed by atoms with Crippen LogP contribution >= 0.6 is 27.5 Å². The van der Waals surface area contributed by atoms with Gasteiger partial charge in [0.2, 0.25) is 10.0 Å². The number of sulfonamides is 1. The van der Waals surface area contributed by atoms with Gasteiger partial charge in [0.25, 0.3) is 0 Å². The van der Waals surface area contributed by atoms with Crippen molar-refractivity contribution in [1.29, 1.82) is 0 Å². The molecule has 0 amide bonds. The largest absolute Gasteiger partial charge is 0.494 e. The Hall–Kier alpha value is -0.340. The molecule has 1 heterocycles. The van der Waals surface area contributed by atoms with E-state index in [2.05, 4.69) is 26.0 Å². The zero-order valence-electron chi connectivity index (χ0n) is 11.7. The number of ether oxygens (including phenoxy) is 1. The minimum Gasteiger partial charge on any atom is -0.494 e. The molecule has 1 aliphatic heterocycles. The molecule has 2 rings (SSSR count). The molecule has 1 aliphatic rings. The molecule has 118 valence electrons. The van der Waals surface area contributed by atoms with E-state index in [1.807, 2.05) is 0 Å². The summed E-state index contributed by atoms with van der Waals surface area (Å²) >= 11 is 9.20. The molecule has 0 aliphatic carbocycles. The van der Waals surface area contributed by atoms with Crippen LogP contribution in [0.4, 0.5) is 0 Å². The molecule has 1 atom stereocenters. The highest BCUT2D eigenvalue weighted by Crippen LogP contribution is 2.35. The van der Waals surface area contributed by atoms with Gasteiger partial charge in [0.15, 0.2) is 5.75 Å². The van der Waals surface area contributed by atoms with Crippen LogP contribution in [0.25, 0.3) is 0 Å². The Bertz CT molecular complexity index is 604. The molecule has 0 spiro atoms. The van der Waals surface area contributed by atoms with Crippen LogP contribution in [0.15, 0.2) is 21.5 Å². The van der Waals surface area contributed by atoms with E-state index in [0.717, 1.165) is 25.9 Å². The summed E-state index contributed by atoms with van der Waals surface area (Å²) in [5.74, 6) is 0.787. The lowest BCUT2D eigenvalue weighted by atomic mass is 10.1. The average Bonchev–Trinajstić information content (AvgIpc) is 2.91. The third-order valence-electron chi connectivity index (χ3n) is 3.47. The van der Waals surface area contributed by atoms with Crippen LogP contribution in [-0.2, 0) is 10.0 Å². The number of hydrogen-bond donors (Lipinski definition) is 2. The van der Waals surface area contributed by atoms with Gasteiger partial charge in [-0.2, -0.15) is 0 Å². The van der Waals surface area contributed by atoms with E-state index in [9.17, 15) is 8.42 Å². The fourth-order valence-electron chi connectivity index (χ4n) is 2.37. The molecule has 0 radical (unpaired) electrons. The van der Waals surface area contributed by atoms with Gasteiger partial charge in [-0.1, -0.05) is 11.6 Å². The Morgan fingerprint density at radius 3 is 2.90 bits per heavy atom. The Labute approximate surface area is 138 Å². The number of methoxy groups -OCH3 is 1. The van der Waals surface area contributed by atoms with E-state index >= 15 is 0 Å². The third-order valence-corrected chi connectivity index (χ3v) is 5.75. The monoisotopic (exact) mass is 396 g/mol. The molecule has 1 aromatic rings. The summed E-state index contributed by atoms with van der Waals surface area (Å²) in [6, 6.07) is 2.99. The van der Waals surface area contributed by atoms with Crippen molar-refractivity contribution in [2.24, 2.45) is 5.92 Å². The van der Waals surface area contributed by atoms with E-state index in [0.29, 0.717) is 22.0 Å². The molecule has 1 aromatic carbocycles. The molecule has 2 N–H and O–H groups in total. The van der Waals surface area contributed by atoms with E-state index < -0.39 is 10.0 Å². The maximum Gasteiger partial charge on any atom is 0.244 e. The fraction of sp³-hybridized carbons (Fsp3) is 0.538. The van der Waals surface area contributed by atoms with Gasteiger partial charge in [0.05, 0.1) is 11.6 Å². The van der Waals surface area contributed by atoms with E-state index in [4.69, 9.17) is 16.3 Å². The van der Waals surface area contributed by atoms with E-state index in [1.54, 1.807) is 6.07 Å². The first-order valence-corrected chi connectivity index (χ1v) is 9.33. The molecule has 0 bridgehead atoms. The first-order valence-electron chi connectivity index (χ1n) is 6.67. The van der Waals surface area contributed by atoms with Gasteiger partial charge in [-0.25, -0.2) is 13.1 Å². The highest BCUT2D eigenvalue weighted by Gasteiger charge is 2.23. The van der Waals surface area contributed by atoms with Crippen molar-refractivity contribution >= 4 is 37.6 Å². The standard InChI is InChI=1S/C13H18BrClN2O3S/c1-20-13-11(14)6-10(15)7-12(13)21(18,19)17-5-3-9-2-4-16-8-9/h6-7,9,16-17H,2-5,8H2,1H3. The van der Waals surface area contributed by atoms with Crippen molar-refractivity contribution in [3.63, 3.8) is 0 Å². The Morgan fingerprint density at radius 2 is 2.29 bits per heavy atom.